The second-order valence-corrected chi connectivity index (χ2v) is 4.94. The van der Waals surface area contributed by atoms with E-state index in [2.05, 4.69) is 20.5 Å². The number of anilines is 2. The van der Waals surface area contributed by atoms with Crippen molar-refractivity contribution < 1.29 is 9.90 Å². The molecule has 2 aromatic rings. The first-order valence-electron chi connectivity index (χ1n) is 4.95. The molecule has 2 rings (SSSR count). The zero-order chi connectivity index (χ0) is 12.5. The van der Waals surface area contributed by atoms with Crippen LogP contribution < -0.4 is 5.32 Å². The van der Waals surface area contributed by atoms with E-state index in [0.717, 1.165) is 5.69 Å². The Morgan fingerprint density at radius 3 is 2.94 bits per heavy atom. The third-order valence-corrected chi connectivity index (χ3v) is 3.19. The highest BCUT2D eigenvalue weighted by Crippen LogP contribution is 2.28. The van der Waals surface area contributed by atoms with Gasteiger partial charge in [0.25, 0.3) is 0 Å². The quantitative estimate of drug-likeness (QED) is 0.773. The molecular weight excluding hydrogens is 240 g/mol. The molecule has 0 amide bonds. The first-order chi connectivity index (χ1) is 8.00. The Labute approximate surface area is 102 Å². The van der Waals surface area contributed by atoms with E-state index in [0.29, 0.717) is 10.8 Å². The zero-order valence-electron chi connectivity index (χ0n) is 9.39. The van der Waals surface area contributed by atoms with Gasteiger partial charge < -0.3 is 10.4 Å². The van der Waals surface area contributed by atoms with Crippen LogP contribution in [-0.4, -0.2) is 26.3 Å². The first kappa shape index (κ1) is 11.6. The van der Waals surface area contributed by atoms with Gasteiger partial charge in [-0.15, -0.1) is 11.3 Å². The molecule has 2 heterocycles. The van der Waals surface area contributed by atoms with Crippen molar-refractivity contribution in [2.45, 2.75) is 19.3 Å². The molecule has 0 radical (unpaired) electrons. The van der Waals surface area contributed by atoms with Gasteiger partial charge in [-0.05, 0) is 13.8 Å². The molecule has 0 bridgehead atoms. The Morgan fingerprint density at radius 1 is 1.59 bits per heavy atom. The summed E-state index contributed by atoms with van der Waals surface area (Å²) in [6.45, 7) is 3.26. The topological polar surface area (TPSA) is 90.9 Å². The van der Waals surface area contributed by atoms with Crippen molar-refractivity contribution >= 4 is 28.1 Å². The molecule has 3 N–H and O–H groups in total. The second kappa shape index (κ2) is 4.17. The van der Waals surface area contributed by atoms with E-state index >= 15 is 0 Å². The van der Waals surface area contributed by atoms with Crippen LogP contribution in [0.25, 0.3) is 0 Å². The molecule has 0 fully saturated rings. The van der Waals surface area contributed by atoms with Crippen LogP contribution >= 0.6 is 11.3 Å². The molecule has 0 spiro atoms. The van der Waals surface area contributed by atoms with Crippen molar-refractivity contribution in [3.05, 3.63) is 23.5 Å². The number of aromatic amines is 1. The molecule has 0 aliphatic carbocycles. The minimum atomic E-state index is -0.979. The molecule has 0 saturated heterocycles. The number of aliphatic carboxylic acids is 1. The third-order valence-electron chi connectivity index (χ3n) is 2.43. The van der Waals surface area contributed by atoms with E-state index in [9.17, 15) is 4.79 Å². The predicted octanol–water partition coefficient (Wildman–Crippen LogP) is 1.97. The summed E-state index contributed by atoms with van der Waals surface area (Å²) >= 11 is 1.36. The lowest BCUT2D eigenvalue weighted by molar-refractivity contribution is -0.142. The molecule has 0 aliphatic heterocycles. The van der Waals surface area contributed by atoms with Crippen LogP contribution in [-0.2, 0) is 10.2 Å². The van der Waals surface area contributed by atoms with Gasteiger partial charge in [0.1, 0.15) is 5.41 Å². The summed E-state index contributed by atoms with van der Waals surface area (Å²) in [6, 6.07) is 0. The number of aromatic nitrogens is 3. The van der Waals surface area contributed by atoms with Crippen LogP contribution in [0.15, 0.2) is 17.8 Å². The van der Waals surface area contributed by atoms with Gasteiger partial charge in [-0.2, -0.15) is 5.10 Å². The lowest BCUT2D eigenvalue weighted by Crippen LogP contribution is -2.28. The molecule has 90 valence electrons. The van der Waals surface area contributed by atoms with Crippen molar-refractivity contribution in [3.8, 4) is 0 Å². The van der Waals surface area contributed by atoms with Crippen LogP contribution in [0.3, 0.4) is 0 Å². The molecule has 2 aromatic heterocycles. The summed E-state index contributed by atoms with van der Waals surface area (Å²) in [5, 5.41) is 21.0. The molecule has 0 atom stereocenters. The summed E-state index contributed by atoms with van der Waals surface area (Å²) in [5.74, 6) is -0.891. The monoisotopic (exact) mass is 252 g/mol. The van der Waals surface area contributed by atoms with E-state index in [1.165, 1.54) is 11.3 Å². The average Bonchev–Trinajstić information content (AvgIpc) is 2.89. The summed E-state index contributed by atoms with van der Waals surface area (Å²) in [5.41, 5.74) is 0.354. The summed E-state index contributed by atoms with van der Waals surface area (Å²) < 4.78 is 0. The molecule has 0 aliphatic rings. The highest BCUT2D eigenvalue weighted by molar-refractivity contribution is 7.13. The highest BCUT2D eigenvalue weighted by Gasteiger charge is 2.32. The van der Waals surface area contributed by atoms with Gasteiger partial charge in [-0.1, -0.05) is 0 Å². The summed E-state index contributed by atoms with van der Waals surface area (Å²) in [4.78, 5) is 15.3. The van der Waals surface area contributed by atoms with E-state index in [1.807, 2.05) is 0 Å². The van der Waals surface area contributed by atoms with Crippen LogP contribution in [0.5, 0.6) is 0 Å². The number of hydrogen-bond acceptors (Lipinski definition) is 5. The number of rotatable bonds is 4. The van der Waals surface area contributed by atoms with E-state index < -0.39 is 11.4 Å². The third kappa shape index (κ3) is 2.28. The summed E-state index contributed by atoms with van der Waals surface area (Å²) in [7, 11) is 0. The van der Waals surface area contributed by atoms with Crippen molar-refractivity contribution in [3.63, 3.8) is 0 Å². The predicted molar refractivity (Wildman–Crippen MR) is 64.6 cm³/mol. The second-order valence-electron chi connectivity index (χ2n) is 4.08. The Hall–Kier alpha value is -1.89. The Balaban J connectivity index is 2.19. The van der Waals surface area contributed by atoms with E-state index in [-0.39, 0.29) is 0 Å². The molecule has 6 nitrogen and oxygen atoms in total. The van der Waals surface area contributed by atoms with Gasteiger partial charge in [0, 0.05) is 11.6 Å². The molecule has 0 aromatic carbocycles. The Morgan fingerprint density at radius 2 is 2.35 bits per heavy atom. The van der Waals surface area contributed by atoms with Crippen LogP contribution in [0, 0.1) is 0 Å². The van der Waals surface area contributed by atoms with Gasteiger partial charge in [0.2, 0.25) is 0 Å². The van der Waals surface area contributed by atoms with Crippen molar-refractivity contribution in [2.75, 3.05) is 5.32 Å². The minimum Gasteiger partial charge on any atom is -0.481 e. The number of carbonyl (C=O) groups is 1. The normalized spacial score (nSPS) is 11.4. The Bertz CT molecular complexity index is 518. The van der Waals surface area contributed by atoms with E-state index in [4.69, 9.17) is 5.11 Å². The standard InChI is InChI=1S/C10H12N4O2S/c1-10(2,8(15)16)7-5-17-9(14-7)13-6-3-11-12-4-6/h3-5H,1-2H3,(H,11,12)(H,13,14)(H,15,16). The zero-order valence-corrected chi connectivity index (χ0v) is 10.2. The van der Waals surface area contributed by atoms with Gasteiger partial charge in [0.05, 0.1) is 17.6 Å². The minimum absolute atomic E-state index is 0.543. The number of nitrogens with one attached hydrogen (secondary N) is 2. The maximum absolute atomic E-state index is 11.1. The van der Waals surface area contributed by atoms with Crippen LogP contribution in [0.2, 0.25) is 0 Å². The maximum Gasteiger partial charge on any atom is 0.315 e. The molecule has 0 saturated carbocycles. The Kier molecular flexibility index (Phi) is 2.84. The number of H-pyrrole nitrogens is 1. The number of hydrogen-bond donors (Lipinski definition) is 3. The van der Waals surface area contributed by atoms with Crippen molar-refractivity contribution in [2.24, 2.45) is 0 Å². The molecule has 7 heteroatoms. The number of carboxylic acid groups (broad SMARTS) is 1. The summed E-state index contributed by atoms with van der Waals surface area (Å²) in [6.07, 6.45) is 3.33. The smallest absolute Gasteiger partial charge is 0.315 e. The van der Waals surface area contributed by atoms with E-state index in [1.54, 1.807) is 31.6 Å². The lowest BCUT2D eigenvalue weighted by atomic mass is 9.90. The SMILES string of the molecule is CC(C)(C(=O)O)c1csc(Nc2cn[nH]c2)n1. The van der Waals surface area contributed by atoms with Crippen molar-refractivity contribution in [1.29, 1.82) is 0 Å². The number of thiazole rings is 1. The first-order valence-corrected chi connectivity index (χ1v) is 5.83. The van der Waals surface area contributed by atoms with Crippen LogP contribution in [0.4, 0.5) is 10.8 Å². The van der Waals surface area contributed by atoms with Gasteiger partial charge >= 0.3 is 5.97 Å². The fraction of sp³-hybridized carbons (Fsp3) is 0.300. The molecular formula is C10H12N4O2S. The fourth-order valence-electron chi connectivity index (χ4n) is 1.17. The maximum atomic E-state index is 11.1. The number of carboxylic acids is 1. The highest BCUT2D eigenvalue weighted by atomic mass is 32.1. The molecule has 0 unspecified atom stereocenters. The van der Waals surface area contributed by atoms with Gasteiger partial charge in [0.15, 0.2) is 5.13 Å². The van der Waals surface area contributed by atoms with Gasteiger partial charge in [-0.25, -0.2) is 4.98 Å². The fourth-order valence-corrected chi connectivity index (χ4v) is 2.07. The lowest BCUT2D eigenvalue weighted by Gasteiger charge is -2.15. The van der Waals surface area contributed by atoms with Crippen LogP contribution in [0.1, 0.15) is 19.5 Å². The number of nitrogens with zero attached hydrogens (tertiary/aromatic N) is 2. The van der Waals surface area contributed by atoms with Crippen molar-refractivity contribution in [1.82, 2.24) is 15.2 Å². The molecule has 17 heavy (non-hydrogen) atoms. The largest absolute Gasteiger partial charge is 0.481 e. The average molecular weight is 252 g/mol. The van der Waals surface area contributed by atoms with Gasteiger partial charge in [-0.3, -0.25) is 9.89 Å².